The van der Waals surface area contributed by atoms with Gasteiger partial charge in [0.1, 0.15) is 5.75 Å². The lowest BCUT2D eigenvalue weighted by atomic mass is 9.97. The standard InChI is InChI=1S/C27H24O3/c1-29-22-16-14-20(15-17-22)9-3-2-8-18-30-27(28)26-19-21-10-4-5-11-23(21)24-12-6-7-13-25(24)26/h3-7,9-17,19H,2,8,18H2,1H3/b9-3+. The highest BCUT2D eigenvalue weighted by Gasteiger charge is 2.13. The van der Waals surface area contributed by atoms with Crippen LogP contribution < -0.4 is 4.74 Å². The number of hydrogen-bond acceptors (Lipinski definition) is 3. The van der Waals surface area contributed by atoms with Crippen LogP contribution in [0, 0.1) is 0 Å². The maximum Gasteiger partial charge on any atom is 0.338 e. The van der Waals surface area contributed by atoms with Crippen LogP contribution in [-0.2, 0) is 4.74 Å². The maximum absolute atomic E-state index is 12.8. The molecule has 0 atom stereocenters. The first-order valence-corrected chi connectivity index (χ1v) is 10.1. The van der Waals surface area contributed by atoms with Gasteiger partial charge in [0.2, 0.25) is 0 Å². The molecule has 0 N–H and O–H groups in total. The predicted octanol–water partition coefficient (Wildman–Crippen LogP) is 6.65. The van der Waals surface area contributed by atoms with Crippen LogP contribution in [0.2, 0.25) is 0 Å². The lowest BCUT2D eigenvalue weighted by Gasteiger charge is -2.10. The maximum atomic E-state index is 12.8. The van der Waals surface area contributed by atoms with Gasteiger partial charge in [0.15, 0.2) is 0 Å². The third-order valence-electron chi connectivity index (χ3n) is 5.16. The number of rotatable bonds is 7. The van der Waals surface area contributed by atoms with Gasteiger partial charge in [0.05, 0.1) is 19.3 Å². The second kappa shape index (κ2) is 9.27. The van der Waals surface area contributed by atoms with Crippen molar-refractivity contribution in [3.05, 3.63) is 96.1 Å². The van der Waals surface area contributed by atoms with Gasteiger partial charge in [-0.15, -0.1) is 0 Å². The Bertz CT molecular complexity index is 1190. The van der Waals surface area contributed by atoms with E-state index in [0.29, 0.717) is 12.2 Å². The van der Waals surface area contributed by atoms with Crippen molar-refractivity contribution in [3.63, 3.8) is 0 Å². The summed E-state index contributed by atoms with van der Waals surface area (Å²) in [6.07, 6.45) is 5.79. The molecule has 4 rings (SSSR count). The van der Waals surface area contributed by atoms with E-state index >= 15 is 0 Å². The molecule has 3 nitrogen and oxygen atoms in total. The minimum absolute atomic E-state index is 0.268. The average molecular weight is 396 g/mol. The van der Waals surface area contributed by atoms with E-state index in [0.717, 1.165) is 45.7 Å². The van der Waals surface area contributed by atoms with Crippen LogP contribution in [0.1, 0.15) is 28.8 Å². The number of benzene rings is 4. The number of fused-ring (bicyclic) bond motifs is 3. The van der Waals surface area contributed by atoms with E-state index in [2.05, 4.69) is 24.3 Å². The summed E-state index contributed by atoms with van der Waals surface area (Å²) in [5.74, 6) is 0.580. The molecule has 30 heavy (non-hydrogen) atoms. The van der Waals surface area contributed by atoms with Gasteiger partial charge in [-0.1, -0.05) is 72.8 Å². The first-order valence-electron chi connectivity index (χ1n) is 10.1. The zero-order chi connectivity index (χ0) is 20.8. The van der Waals surface area contributed by atoms with E-state index in [1.54, 1.807) is 7.11 Å². The number of methoxy groups -OCH3 is 1. The molecule has 0 fully saturated rings. The molecular weight excluding hydrogens is 372 g/mol. The molecule has 4 aromatic carbocycles. The Morgan fingerprint density at radius 2 is 1.57 bits per heavy atom. The quantitative estimate of drug-likeness (QED) is 0.199. The van der Waals surface area contributed by atoms with Gasteiger partial charge in [-0.25, -0.2) is 4.79 Å². The molecule has 3 heteroatoms. The minimum atomic E-state index is -0.268. The highest BCUT2D eigenvalue weighted by atomic mass is 16.5. The van der Waals surface area contributed by atoms with E-state index in [9.17, 15) is 4.79 Å². The number of allylic oxidation sites excluding steroid dienone is 1. The zero-order valence-electron chi connectivity index (χ0n) is 17.0. The molecule has 0 radical (unpaired) electrons. The van der Waals surface area contributed by atoms with Crippen LogP contribution in [0.25, 0.3) is 27.6 Å². The van der Waals surface area contributed by atoms with Crippen LogP contribution in [0.3, 0.4) is 0 Å². The third kappa shape index (κ3) is 4.36. The van der Waals surface area contributed by atoms with Crippen LogP contribution in [0.4, 0.5) is 0 Å². The summed E-state index contributed by atoms with van der Waals surface area (Å²) < 4.78 is 10.7. The monoisotopic (exact) mass is 396 g/mol. The fourth-order valence-corrected chi connectivity index (χ4v) is 3.60. The Balaban J connectivity index is 1.38. The van der Waals surface area contributed by atoms with Crippen molar-refractivity contribution in [2.24, 2.45) is 0 Å². The molecule has 0 aliphatic carbocycles. The number of esters is 1. The zero-order valence-corrected chi connectivity index (χ0v) is 17.0. The summed E-state index contributed by atoms with van der Waals surface area (Å²) in [5.41, 5.74) is 1.74. The molecule has 0 spiro atoms. The highest BCUT2D eigenvalue weighted by molar-refractivity contribution is 6.15. The lowest BCUT2D eigenvalue weighted by Crippen LogP contribution is -2.07. The van der Waals surface area contributed by atoms with Crippen molar-refractivity contribution < 1.29 is 14.3 Å². The number of carbonyl (C=O) groups excluding carboxylic acids is 1. The molecule has 4 aromatic rings. The summed E-state index contributed by atoms with van der Waals surface area (Å²) in [4.78, 5) is 12.8. The van der Waals surface area contributed by atoms with Gasteiger partial charge in [0, 0.05) is 0 Å². The first kappa shape index (κ1) is 19.7. The van der Waals surface area contributed by atoms with Gasteiger partial charge < -0.3 is 9.47 Å². The largest absolute Gasteiger partial charge is 0.497 e. The van der Waals surface area contributed by atoms with Gasteiger partial charge in [0.25, 0.3) is 0 Å². The third-order valence-corrected chi connectivity index (χ3v) is 5.16. The highest BCUT2D eigenvalue weighted by Crippen LogP contribution is 2.29. The fraction of sp³-hybridized carbons (Fsp3) is 0.148. The normalized spacial score (nSPS) is 11.2. The second-order valence-electron chi connectivity index (χ2n) is 7.14. The van der Waals surface area contributed by atoms with Crippen molar-refractivity contribution in [3.8, 4) is 5.75 Å². The van der Waals surface area contributed by atoms with Crippen LogP contribution >= 0.6 is 0 Å². The SMILES string of the molecule is COc1ccc(/C=C/CCCOC(=O)c2cc3ccccc3c3ccccc23)cc1. The predicted molar refractivity (Wildman–Crippen MR) is 123 cm³/mol. The lowest BCUT2D eigenvalue weighted by molar-refractivity contribution is 0.0504. The number of carbonyl (C=O) groups is 1. The Labute approximate surface area is 176 Å². The van der Waals surface area contributed by atoms with Gasteiger partial charge in [-0.05, 0) is 58.1 Å². The number of unbranched alkanes of at least 4 members (excludes halogenated alkanes) is 1. The summed E-state index contributed by atoms with van der Waals surface area (Å²) in [5, 5.41) is 4.20. The van der Waals surface area contributed by atoms with Crippen LogP contribution in [0.5, 0.6) is 5.75 Å². The Morgan fingerprint density at radius 3 is 2.33 bits per heavy atom. The Hall–Kier alpha value is -3.59. The summed E-state index contributed by atoms with van der Waals surface area (Å²) in [6, 6.07) is 26.0. The molecular formula is C27H24O3. The molecule has 0 amide bonds. The van der Waals surface area contributed by atoms with Crippen molar-refractivity contribution >= 4 is 33.6 Å². The van der Waals surface area contributed by atoms with Crippen LogP contribution in [0.15, 0.2) is 84.9 Å². The van der Waals surface area contributed by atoms with E-state index in [1.807, 2.05) is 66.7 Å². The van der Waals surface area contributed by atoms with E-state index in [4.69, 9.17) is 9.47 Å². The average Bonchev–Trinajstić information content (AvgIpc) is 2.81. The van der Waals surface area contributed by atoms with E-state index in [-0.39, 0.29) is 5.97 Å². The molecule has 0 bridgehead atoms. The summed E-state index contributed by atoms with van der Waals surface area (Å²) >= 11 is 0. The molecule has 0 heterocycles. The minimum Gasteiger partial charge on any atom is -0.497 e. The van der Waals surface area contributed by atoms with Crippen molar-refractivity contribution in [1.82, 2.24) is 0 Å². The number of ether oxygens (including phenoxy) is 2. The van der Waals surface area contributed by atoms with E-state index in [1.165, 1.54) is 0 Å². The van der Waals surface area contributed by atoms with Gasteiger partial charge >= 0.3 is 5.97 Å². The van der Waals surface area contributed by atoms with Crippen molar-refractivity contribution in [2.45, 2.75) is 12.8 Å². The molecule has 0 aliphatic rings. The molecule has 0 unspecified atom stereocenters. The molecule has 0 saturated heterocycles. The Kier molecular flexibility index (Phi) is 6.09. The fourth-order valence-electron chi connectivity index (χ4n) is 3.60. The topological polar surface area (TPSA) is 35.5 Å². The van der Waals surface area contributed by atoms with Gasteiger partial charge in [-0.2, -0.15) is 0 Å². The molecule has 150 valence electrons. The van der Waals surface area contributed by atoms with E-state index < -0.39 is 0 Å². The number of hydrogen-bond donors (Lipinski definition) is 0. The van der Waals surface area contributed by atoms with Crippen molar-refractivity contribution in [2.75, 3.05) is 13.7 Å². The van der Waals surface area contributed by atoms with Gasteiger partial charge in [-0.3, -0.25) is 0 Å². The van der Waals surface area contributed by atoms with Crippen molar-refractivity contribution in [1.29, 1.82) is 0 Å². The molecule has 0 aromatic heterocycles. The Morgan fingerprint density at radius 1 is 0.867 bits per heavy atom. The first-order chi connectivity index (χ1) is 14.8. The molecule has 0 saturated carbocycles. The smallest absolute Gasteiger partial charge is 0.338 e. The van der Waals surface area contributed by atoms with Crippen LogP contribution in [-0.4, -0.2) is 19.7 Å². The summed E-state index contributed by atoms with van der Waals surface area (Å²) in [7, 11) is 1.66. The molecule has 0 aliphatic heterocycles. The summed E-state index contributed by atoms with van der Waals surface area (Å²) in [6.45, 7) is 0.396. The second-order valence-corrected chi connectivity index (χ2v) is 7.14.